The Morgan fingerprint density at radius 1 is 0.853 bits per heavy atom. The molecular weight excluding hydrogens is 424 g/mol. The third kappa shape index (κ3) is 4.02. The number of fused-ring (bicyclic) bond motifs is 1. The Kier molecular flexibility index (Phi) is 5.24. The van der Waals surface area contributed by atoms with Gasteiger partial charge in [-0.15, -0.1) is 0 Å². The van der Waals surface area contributed by atoms with Gasteiger partial charge in [0.15, 0.2) is 0 Å². The van der Waals surface area contributed by atoms with Crippen LogP contribution in [0.3, 0.4) is 0 Å². The topological polar surface area (TPSA) is 75.2 Å². The van der Waals surface area contributed by atoms with Crippen LogP contribution in [0.15, 0.2) is 90.8 Å². The van der Waals surface area contributed by atoms with E-state index >= 15 is 0 Å². The monoisotopic (exact) mass is 448 g/mol. The first kappa shape index (κ1) is 20.5. The van der Waals surface area contributed by atoms with E-state index in [1.54, 1.807) is 6.20 Å². The molecule has 0 spiro atoms. The van der Waals surface area contributed by atoms with Crippen molar-refractivity contribution in [2.75, 3.05) is 13.1 Å². The molecule has 1 unspecified atom stereocenters. The standard InChI is InChI=1S/C27H24N6O/c34-33-28-16-25(31-33)22-14-15-32(18-22)17-19-10-12-21(13-11-19)27-26(20-6-2-1-3-7-20)29-23-8-4-5-9-24(23)30-27/h1-13,16,22H,14-15,17-18H2,(H,31,34)/q+1. The minimum absolute atomic E-state index is 0.322. The third-order valence-corrected chi connectivity index (χ3v) is 6.49. The lowest BCUT2D eigenvalue weighted by Gasteiger charge is -2.16. The summed E-state index contributed by atoms with van der Waals surface area (Å²) < 4.78 is 0. The molecule has 1 saturated heterocycles. The molecule has 3 heterocycles. The Morgan fingerprint density at radius 2 is 1.50 bits per heavy atom. The molecule has 1 aromatic heterocycles. The first-order chi connectivity index (χ1) is 16.7. The molecule has 6 rings (SSSR count). The number of nitrogens with zero attached hydrogens (tertiary/aromatic N) is 5. The number of para-hydroxylation sites is 2. The van der Waals surface area contributed by atoms with E-state index in [0.717, 1.165) is 65.3 Å². The summed E-state index contributed by atoms with van der Waals surface area (Å²) in [7, 11) is 0. The van der Waals surface area contributed by atoms with Crippen LogP contribution in [0, 0.1) is 10.8 Å². The number of rotatable bonds is 5. The van der Waals surface area contributed by atoms with Crippen LogP contribution in [-0.2, 0) is 6.54 Å². The quantitative estimate of drug-likeness (QED) is 0.457. The van der Waals surface area contributed by atoms with E-state index in [1.807, 2.05) is 42.5 Å². The van der Waals surface area contributed by atoms with Gasteiger partial charge < -0.3 is 0 Å². The molecule has 2 aliphatic heterocycles. The smallest absolute Gasteiger partial charge is 0.283 e. The number of hydrazine groups is 1. The van der Waals surface area contributed by atoms with E-state index in [0.29, 0.717) is 10.9 Å². The van der Waals surface area contributed by atoms with Gasteiger partial charge in [-0.1, -0.05) is 72.2 Å². The second kappa shape index (κ2) is 8.68. The molecule has 1 atom stereocenters. The lowest BCUT2D eigenvalue weighted by atomic mass is 10.0. The summed E-state index contributed by atoms with van der Waals surface area (Å²) in [6.45, 7) is 2.79. The van der Waals surface area contributed by atoms with E-state index < -0.39 is 0 Å². The zero-order valence-corrected chi connectivity index (χ0v) is 18.6. The molecule has 1 fully saturated rings. The van der Waals surface area contributed by atoms with Crippen molar-refractivity contribution < 1.29 is 4.98 Å². The highest BCUT2D eigenvalue weighted by Gasteiger charge is 2.33. The van der Waals surface area contributed by atoms with Crippen LogP contribution in [-0.4, -0.2) is 32.9 Å². The average molecular weight is 449 g/mol. The highest BCUT2D eigenvalue weighted by atomic mass is 16.4. The molecule has 167 valence electrons. The summed E-state index contributed by atoms with van der Waals surface area (Å²) in [6.07, 6.45) is 2.66. The molecule has 3 aromatic carbocycles. The van der Waals surface area contributed by atoms with Crippen LogP contribution in [0.1, 0.15) is 12.0 Å². The number of benzene rings is 3. The molecule has 1 radical (unpaired) electrons. The molecular formula is C27H24N6O+. The Morgan fingerprint density at radius 3 is 2.15 bits per heavy atom. The Hall–Kier alpha value is -4.10. The number of likely N-dealkylation sites (tertiary alicyclic amines) is 1. The molecule has 0 saturated carbocycles. The fourth-order valence-corrected chi connectivity index (χ4v) is 4.73. The number of hydrogen-bond donors (Lipinski definition) is 1. The molecule has 34 heavy (non-hydrogen) atoms. The minimum atomic E-state index is 0.322. The fraction of sp³-hybridized carbons (Fsp3) is 0.185. The van der Waals surface area contributed by atoms with Crippen molar-refractivity contribution in [1.29, 1.82) is 0 Å². The van der Waals surface area contributed by atoms with Crippen molar-refractivity contribution in [1.82, 2.24) is 25.7 Å². The molecule has 1 N–H and O–H groups in total. The summed E-state index contributed by atoms with van der Waals surface area (Å²) in [5.74, 6) is 0.322. The van der Waals surface area contributed by atoms with Crippen molar-refractivity contribution in [2.45, 2.75) is 13.0 Å². The van der Waals surface area contributed by atoms with Gasteiger partial charge in [0, 0.05) is 30.1 Å². The van der Waals surface area contributed by atoms with Gasteiger partial charge in [0.25, 0.3) is 4.98 Å². The van der Waals surface area contributed by atoms with E-state index in [2.05, 4.69) is 52.1 Å². The Labute approximate surface area is 197 Å². The van der Waals surface area contributed by atoms with Crippen LogP contribution in [0.5, 0.6) is 0 Å². The normalized spacial score (nSPS) is 18.1. The van der Waals surface area contributed by atoms with Crippen LogP contribution < -0.4 is 10.9 Å². The number of aromatic nitrogens is 2. The molecule has 0 amide bonds. The maximum atomic E-state index is 11.3. The van der Waals surface area contributed by atoms with Gasteiger partial charge in [-0.25, -0.2) is 9.97 Å². The predicted octanol–water partition coefficient (Wildman–Crippen LogP) is 4.44. The summed E-state index contributed by atoms with van der Waals surface area (Å²) in [6, 6.07) is 26.9. The second-order valence-electron chi connectivity index (χ2n) is 8.78. The summed E-state index contributed by atoms with van der Waals surface area (Å²) >= 11 is 0. The van der Waals surface area contributed by atoms with E-state index in [1.165, 1.54) is 5.56 Å². The molecule has 7 heteroatoms. The summed E-state index contributed by atoms with van der Waals surface area (Å²) in [5.41, 5.74) is 14.3. The zero-order chi connectivity index (χ0) is 22.9. The maximum absolute atomic E-state index is 11.3. The third-order valence-electron chi connectivity index (χ3n) is 6.49. The molecule has 2 aliphatic rings. The summed E-state index contributed by atoms with van der Waals surface area (Å²) in [5, 5.41) is 0. The van der Waals surface area contributed by atoms with Crippen molar-refractivity contribution in [2.24, 2.45) is 5.92 Å². The van der Waals surface area contributed by atoms with Crippen LogP contribution >= 0.6 is 0 Å². The van der Waals surface area contributed by atoms with Gasteiger partial charge in [-0.05, 0) is 30.7 Å². The first-order valence-corrected chi connectivity index (χ1v) is 11.5. The lowest BCUT2D eigenvalue weighted by Crippen LogP contribution is -2.26. The van der Waals surface area contributed by atoms with Gasteiger partial charge in [-0.2, -0.15) is 0 Å². The van der Waals surface area contributed by atoms with Gasteiger partial charge in [0.2, 0.25) is 0 Å². The van der Waals surface area contributed by atoms with Crippen LogP contribution in [0.2, 0.25) is 0 Å². The van der Waals surface area contributed by atoms with Crippen molar-refractivity contribution in [3.63, 3.8) is 0 Å². The molecule has 4 aromatic rings. The van der Waals surface area contributed by atoms with Crippen LogP contribution in [0.25, 0.3) is 33.5 Å². The van der Waals surface area contributed by atoms with E-state index in [-0.39, 0.29) is 0 Å². The van der Waals surface area contributed by atoms with Gasteiger partial charge in [0.05, 0.1) is 32.8 Å². The van der Waals surface area contributed by atoms with Crippen molar-refractivity contribution >= 4 is 11.0 Å². The number of nitrogens with one attached hydrogen (secondary N) is 1. The van der Waals surface area contributed by atoms with E-state index in [9.17, 15) is 4.91 Å². The highest BCUT2D eigenvalue weighted by Crippen LogP contribution is 2.31. The zero-order valence-electron chi connectivity index (χ0n) is 18.6. The Balaban J connectivity index is 1.25. The first-order valence-electron chi connectivity index (χ1n) is 11.5. The largest absolute Gasteiger partial charge is 0.298 e. The lowest BCUT2D eigenvalue weighted by molar-refractivity contribution is -0.640. The number of nitroso groups, excluding NO2 is 1. The maximum Gasteiger partial charge on any atom is 0.283 e. The van der Waals surface area contributed by atoms with Crippen molar-refractivity contribution in [3.8, 4) is 22.5 Å². The SMILES string of the molecule is O=[N+]1[N]C=C(C2CCN(Cc3ccc(-c4nc5ccccc5nc4-c4ccccc4)cc3)C2)N1. The number of hydrogen-bond acceptors (Lipinski definition) is 4. The van der Waals surface area contributed by atoms with Gasteiger partial charge in [0.1, 0.15) is 11.9 Å². The average Bonchev–Trinajstić information content (AvgIpc) is 3.53. The highest BCUT2D eigenvalue weighted by molar-refractivity contribution is 5.86. The van der Waals surface area contributed by atoms with Gasteiger partial charge >= 0.3 is 0 Å². The molecule has 0 aliphatic carbocycles. The molecule has 0 bridgehead atoms. The summed E-state index contributed by atoms with van der Waals surface area (Å²) in [4.78, 5) is 24.2. The second-order valence-corrected chi connectivity index (χ2v) is 8.78. The predicted molar refractivity (Wildman–Crippen MR) is 131 cm³/mol. The van der Waals surface area contributed by atoms with Crippen LogP contribution in [0.4, 0.5) is 0 Å². The van der Waals surface area contributed by atoms with Crippen molar-refractivity contribution in [3.05, 3.63) is 101 Å². The molecule has 7 nitrogen and oxygen atoms in total. The Bertz CT molecular complexity index is 1380. The van der Waals surface area contributed by atoms with E-state index in [4.69, 9.17) is 9.97 Å². The minimum Gasteiger partial charge on any atom is -0.298 e. The fourth-order valence-electron chi connectivity index (χ4n) is 4.73. The van der Waals surface area contributed by atoms with Gasteiger partial charge in [-0.3, -0.25) is 4.90 Å².